The maximum atomic E-state index is 13.2. The molecule has 2 heterocycles. The van der Waals surface area contributed by atoms with Gasteiger partial charge in [0.2, 0.25) is 11.8 Å². The van der Waals surface area contributed by atoms with Crippen LogP contribution in [0, 0.1) is 0 Å². The standard InChI is InChI=1S/C27H25N5O2/c1-18(33)32-16-15-19-9-5-6-12-21(19)24(32)17-25(34)28-23-14-8-7-13-22(23)27-29-26(30-31-27)20-10-3-2-4-11-20/h2-14,24H,15-17H2,1H3,(H,28,34)(H,29,30,31). The molecule has 0 spiro atoms. The van der Waals surface area contributed by atoms with Gasteiger partial charge in [-0.25, -0.2) is 4.98 Å². The van der Waals surface area contributed by atoms with E-state index >= 15 is 0 Å². The highest BCUT2D eigenvalue weighted by Gasteiger charge is 2.30. The molecule has 2 amide bonds. The van der Waals surface area contributed by atoms with Gasteiger partial charge in [0.15, 0.2) is 11.6 Å². The van der Waals surface area contributed by atoms with Crippen molar-refractivity contribution >= 4 is 17.5 Å². The first kappa shape index (κ1) is 21.6. The maximum absolute atomic E-state index is 13.2. The molecule has 2 N–H and O–H groups in total. The molecule has 7 heteroatoms. The Morgan fingerprint density at radius 2 is 1.74 bits per heavy atom. The lowest BCUT2D eigenvalue weighted by Gasteiger charge is -2.36. The molecule has 1 aromatic heterocycles. The van der Waals surface area contributed by atoms with Gasteiger partial charge in [-0.15, -0.1) is 0 Å². The predicted octanol–water partition coefficient (Wildman–Crippen LogP) is 4.61. The van der Waals surface area contributed by atoms with Crippen LogP contribution in [-0.4, -0.2) is 38.4 Å². The average molecular weight is 452 g/mol. The normalized spacial score (nSPS) is 15.0. The van der Waals surface area contributed by atoms with Gasteiger partial charge in [0.05, 0.1) is 18.2 Å². The summed E-state index contributed by atoms with van der Waals surface area (Å²) < 4.78 is 0. The highest BCUT2D eigenvalue weighted by atomic mass is 16.2. The first-order valence-corrected chi connectivity index (χ1v) is 11.3. The Kier molecular flexibility index (Phi) is 5.91. The minimum absolute atomic E-state index is 0.0252. The molecule has 1 aliphatic heterocycles. The van der Waals surface area contributed by atoms with Gasteiger partial charge in [0, 0.05) is 24.6 Å². The molecular formula is C27H25N5O2. The second kappa shape index (κ2) is 9.31. The number of nitrogens with one attached hydrogen (secondary N) is 2. The fourth-order valence-corrected chi connectivity index (χ4v) is 4.52. The Morgan fingerprint density at radius 3 is 2.56 bits per heavy atom. The average Bonchev–Trinajstić information content (AvgIpc) is 3.35. The third kappa shape index (κ3) is 4.32. The molecule has 0 saturated heterocycles. The van der Waals surface area contributed by atoms with Gasteiger partial charge in [-0.05, 0) is 29.7 Å². The highest BCUT2D eigenvalue weighted by Crippen LogP contribution is 2.33. The number of aromatic nitrogens is 3. The fourth-order valence-electron chi connectivity index (χ4n) is 4.52. The number of para-hydroxylation sites is 1. The second-order valence-electron chi connectivity index (χ2n) is 8.35. The van der Waals surface area contributed by atoms with E-state index in [1.807, 2.05) is 72.8 Å². The third-order valence-electron chi connectivity index (χ3n) is 6.17. The molecule has 5 rings (SSSR count). The number of rotatable bonds is 5. The molecule has 1 unspecified atom stereocenters. The van der Waals surface area contributed by atoms with Crippen LogP contribution >= 0.6 is 0 Å². The molecule has 0 bridgehead atoms. The van der Waals surface area contributed by atoms with Crippen LogP contribution in [-0.2, 0) is 16.0 Å². The number of hydrogen-bond acceptors (Lipinski definition) is 4. The number of anilines is 1. The minimum atomic E-state index is -0.287. The number of amides is 2. The van der Waals surface area contributed by atoms with Gasteiger partial charge >= 0.3 is 0 Å². The smallest absolute Gasteiger partial charge is 0.226 e. The summed E-state index contributed by atoms with van der Waals surface area (Å²) >= 11 is 0. The van der Waals surface area contributed by atoms with Crippen molar-refractivity contribution in [1.82, 2.24) is 20.1 Å². The zero-order valence-corrected chi connectivity index (χ0v) is 18.9. The van der Waals surface area contributed by atoms with Crippen molar-refractivity contribution in [1.29, 1.82) is 0 Å². The summed E-state index contributed by atoms with van der Waals surface area (Å²) in [6.07, 6.45) is 0.975. The third-order valence-corrected chi connectivity index (χ3v) is 6.17. The van der Waals surface area contributed by atoms with Crippen molar-refractivity contribution in [3.8, 4) is 22.8 Å². The number of carbonyl (C=O) groups is 2. The van der Waals surface area contributed by atoms with Gasteiger partial charge in [-0.1, -0.05) is 66.7 Å². The number of carbonyl (C=O) groups excluding carboxylic acids is 2. The Bertz CT molecular complexity index is 1330. The molecule has 170 valence electrons. The van der Waals surface area contributed by atoms with E-state index in [0.717, 1.165) is 23.1 Å². The van der Waals surface area contributed by atoms with E-state index in [2.05, 4.69) is 26.6 Å². The van der Waals surface area contributed by atoms with Crippen molar-refractivity contribution in [3.63, 3.8) is 0 Å². The van der Waals surface area contributed by atoms with Crippen LogP contribution in [0.1, 0.15) is 30.5 Å². The van der Waals surface area contributed by atoms with Gasteiger partial charge in [0.1, 0.15) is 0 Å². The first-order chi connectivity index (χ1) is 16.6. The van der Waals surface area contributed by atoms with E-state index in [1.54, 1.807) is 11.8 Å². The molecule has 4 aromatic rings. The van der Waals surface area contributed by atoms with Crippen LogP contribution in [0.3, 0.4) is 0 Å². The molecule has 0 saturated carbocycles. The second-order valence-corrected chi connectivity index (χ2v) is 8.35. The molecule has 1 atom stereocenters. The largest absolute Gasteiger partial charge is 0.335 e. The maximum Gasteiger partial charge on any atom is 0.226 e. The zero-order chi connectivity index (χ0) is 23.5. The summed E-state index contributed by atoms with van der Waals surface area (Å²) in [5.74, 6) is 0.974. The summed E-state index contributed by atoms with van der Waals surface area (Å²) in [6, 6.07) is 25.0. The van der Waals surface area contributed by atoms with Crippen molar-refractivity contribution in [3.05, 3.63) is 90.0 Å². The zero-order valence-electron chi connectivity index (χ0n) is 18.9. The number of H-pyrrole nitrogens is 1. The SMILES string of the molecule is CC(=O)N1CCc2ccccc2C1CC(=O)Nc1ccccc1-c1nc(-c2ccccc2)n[nH]1. The van der Waals surface area contributed by atoms with E-state index in [9.17, 15) is 9.59 Å². The van der Waals surface area contributed by atoms with Crippen molar-refractivity contribution < 1.29 is 9.59 Å². The van der Waals surface area contributed by atoms with Crippen LogP contribution in [0.2, 0.25) is 0 Å². The van der Waals surface area contributed by atoms with Gasteiger partial charge in [-0.2, -0.15) is 5.10 Å². The molecule has 0 radical (unpaired) electrons. The monoisotopic (exact) mass is 451 g/mol. The number of nitrogens with zero attached hydrogens (tertiary/aromatic N) is 3. The quantitative estimate of drug-likeness (QED) is 0.463. The molecular weight excluding hydrogens is 426 g/mol. The van der Waals surface area contributed by atoms with E-state index in [-0.39, 0.29) is 24.3 Å². The summed E-state index contributed by atoms with van der Waals surface area (Å²) in [7, 11) is 0. The Balaban J connectivity index is 1.38. The Hall–Kier alpha value is -4.26. The highest BCUT2D eigenvalue weighted by molar-refractivity contribution is 5.95. The summed E-state index contributed by atoms with van der Waals surface area (Å²) in [4.78, 5) is 31.9. The summed E-state index contributed by atoms with van der Waals surface area (Å²) in [5.41, 5.74) is 4.52. The van der Waals surface area contributed by atoms with E-state index in [4.69, 9.17) is 0 Å². The number of hydrogen-bond donors (Lipinski definition) is 2. The number of benzene rings is 3. The van der Waals surface area contributed by atoms with Crippen molar-refractivity contribution in [2.24, 2.45) is 0 Å². The van der Waals surface area contributed by atoms with Gasteiger partial charge < -0.3 is 10.2 Å². The molecule has 7 nitrogen and oxygen atoms in total. The first-order valence-electron chi connectivity index (χ1n) is 11.3. The fraction of sp³-hybridized carbons (Fsp3) is 0.185. The molecule has 3 aromatic carbocycles. The lowest BCUT2D eigenvalue weighted by atomic mass is 9.90. The van der Waals surface area contributed by atoms with Crippen LogP contribution in [0.4, 0.5) is 5.69 Å². The minimum Gasteiger partial charge on any atom is -0.335 e. The topological polar surface area (TPSA) is 91.0 Å². The Labute approximate surface area is 197 Å². The van der Waals surface area contributed by atoms with Gasteiger partial charge in [-0.3, -0.25) is 14.7 Å². The number of fused-ring (bicyclic) bond motifs is 1. The van der Waals surface area contributed by atoms with Crippen LogP contribution in [0.15, 0.2) is 78.9 Å². The summed E-state index contributed by atoms with van der Waals surface area (Å²) in [5, 5.41) is 10.4. The van der Waals surface area contributed by atoms with E-state index in [1.165, 1.54) is 5.56 Å². The Morgan fingerprint density at radius 1 is 1.00 bits per heavy atom. The molecule has 0 aliphatic carbocycles. The lowest BCUT2D eigenvalue weighted by molar-refractivity contribution is -0.132. The van der Waals surface area contributed by atoms with Crippen molar-refractivity contribution in [2.75, 3.05) is 11.9 Å². The van der Waals surface area contributed by atoms with Crippen LogP contribution in [0.25, 0.3) is 22.8 Å². The van der Waals surface area contributed by atoms with E-state index < -0.39 is 0 Å². The van der Waals surface area contributed by atoms with Crippen LogP contribution < -0.4 is 5.32 Å². The molecule has 0 fully saturated rings. The van der Waals surface area contributed by atoms with Crippen molar-refractivity contribution in [2.45, 2.75) is 25.8 Å². The predicted molar refractivity (Wildman–Crippen MR) is 131 cm³/mol. The van der Waals surface area contributed by atoms with Crippen LogP contribution in [0.5, 0.6) is 0 Å². The number of aromatic amines is 1. The summed E-state index contributed by atoms with van der Waals surface area (Å²) in [6.45, 7) is 2.17. The van der Waals surface area contributed by atoms with Gasteiger partial charge in [0.25, 0.3) is 0 Å². The molecule has 34 heavy (non-hydrogen) atoms. The van der Waals surface area contributed by atoms with E-state index in [0.29, 0.717) is 23.9 Å². The lowest BCUT2D eigenvalue weighted by Crippen LogP contribution is -2.40. The molecule has 1 aliphatic rings.